The first-order valence-corrected chi connectivity index (χ1v) is 13.0. The lowest BCUT2D eigenvalue weighted by atomic mass is 9.92. The molecule has 0 aromatic heterocycles. The number of hydrogen-bond acceptors (Lipinski definition) is 4. The predicted octanol–water partition coefficient (Wildman–Crippen LogP) is 5.01. The van der Waals surface area contributed by atoms with E-state index >= 15 is 0 Å². The Balaban J connectivity index is 1.46. The highest BCUT2D eigenvalue weighted by molar-refractivity contribution is 6.31. The van der Waals surface area contributed by atoms with Crippen LogP contribution in [-0.4, -0.2) is 54.6 Å². The van der Waals surface area contributed by atoms with Crippen LogP contribution in [0.15, 0.2) is 66.8 Å². The fourth-order valence-electron chi connectivity index (χ4n) is 5.06. The zero-order valence-electron chi connectivity index (χ0n) is 20.0. The molecule has 1 aliphatic carbocycles. The van der Waals surface area contributed by atoms with Crippen molar-refractivity contribution in [2.24, 2.45) is 0 Å². The molecule has 0 bridgehead atoms. The van der Waals surface area contributed by atoms with Gasteiger partial charge in [0.1, 0.15) is 12.1 Å². The van der Waals surface area contributed by atoms with Gasteiger partial charge in [-0.3, -0.25) is 9.59 Å². The summed E-state index contributed by atoms with van der Waals surface area (Å²) >= 11 is 12.4. The SMILES string of the molecule is O=C(c1ccc(Cl)cc1)N1CC(=O)N(CC2(OC3CCNCC3)C=CC=CC2)c2cc(Cl)ccc2C1. The Hall–Kier alpha value is -2.64. The number of carbonyl (C=O) groups excluding carboxylic acids is 2. The van der Waals surface area contributed by atoms with Gasteiger partial charge in [0.15, 0.2) is 0 Å². The van der Waals surface area contributed by atoms with Crippen LogP contribution in [0.1, 0.15) is 35.2 Å². The van der Waals surface area contributed by atoms with Gasteiger partial charge in [0.05, 0.1) is 18.3 Å². The number of piperidine rings is 1. The zero-order valence-corrected chi connectivity index (χ0v) is 21.5. The number of carbonyl (C=O) groups is 2. The fourth-order valence-corrected chi connectivity index (χ4v) is 5.35. The van der Waals surface area contributed by atoms with Crippen LogP contribution in [0.4, 0.5) is 5.69 Å². The number of nitrogens with one attached hydrogen (secondary N) is 1. The molecule has 2 amide bonds. The molecule has 2 aliphatic heterocycles. The molecule has 2 heterocycles. The Kier molecular flexibility index (Phi) is 7.49. The van der Waals surface area contributed by atoms with E-state index in [0.717, 1.165) is 37.2 Å². The van der Waals surface area contributed by atoms with Crippen molar-refractivity contribution in [3.8, 4) is 0 Å². The van der Waals surface area contributed by atoms with E-state index in [0.29, 0.717) is 35.1 Å². The Bertz CT molecular complexity index is 1190. The Morgan fingerprint density at radius 3 is 2.50 bits per heavy atom. The monoisotopic (exact) mass is 525 g/mol. The molecule has 5 rings (SSSR count). The molecule has 1 fully saturated rings. The van der Waals surface area contributed by atoms with Crippen LogP contribution in [0.25, 0.3) is 0 Å². The van der Waals surface area contributed by atoms with E-state index < -0.39 is 5.60 Å². The van der Waals surface area contributed by atoms with Crippen LogP contribution in [0.2, 0.25) is 10.0 Å². The summed E-state index contributed by atoms with van der Waals surface area (Å²) in [5.41, 5.74) is 1.42. The summed E-state index contributed by atoms with van der Waals surface area (Å²) in [5.74, 6) is -0.390. The number of hydrogen-bond donors (Lipinski definition) is 1. The Labute approximate surface area is 221 Å². The lowest BCUT2D eigenvalue weighted by Gasteiger charge is -2.40. The number of ether oxygens (including phenoxy) is 1. The van der Waals surface area contributed by atoms with E-state index in [9.17, 15) is 9.59 Å². The number of allylic oxidation sites excluding steroid dienone is 2. The van der Waals surface area contributed by atoms with Crippen LogP contribution in [0.3, 0.4) is 0 Å². The van der Waals surface area contributed by atoms with Crippen LogP contribution in [0.5, 0.6) is 0 Å². The maximum atomic E-state index is 13.8. The average Bonchev–Trinajstić information content (AvgIpc) is 3.01. The Morgan fingerprint density at radius 2 is 1.78 bits per heavy atom. The van der Waals surface area contributed by atoms with Gasteiger partial charge < -0.3 is 19.9 Å². The normalized spacial score (nSPS) is 22.4. The van der Waals surface area contributed by atoms with Crippen molar-refractivity contribution < 1.29 is 14.3 Å². The summed E-state index contributed by atoms with van der Waals surface area (Å²) in [7, 11) is 0. The van der Waals surface area contributed by atoms with Crippen LogP contribution >= 0.6 is 23.2 Å². The number of fused-ring (bicyclic) bond motifs is 1. The van der Waals surface area contributed by atoms with Gasteiger partial charge in [-0.2, -0.15) is 0 Å². The summed E-state index contributed by atoms with van der Waals surface area (Å²) in [4.78, 5) is 30.4. The molecule has 1 atom stereocenters. The van der Waals surface area contributed by atoms with Crippen LogP contribution < -0.4 is 10.2 Å². The molecule has 6 nitrogen and oxygen atoms in total. The third kappa shape index (κ3) is 5.52. The molecule has 3 aliphatic rings. The lowest BCUT2D eigenvalue weighted by Crippen LogP contribution is -2.51. The summed E-state index contributed by atoms with van der Waals surface area (Å²) in [6, 6.07) is 12.2. The van der Waals surface area contributed by atoms with E-state index in [1.165, 1.54) is 0 Å². The predicted molar refractivity (Wildman–Crippen MR) is 143 cm³/mol. The standard InChI is InChI=1S/C28H29Cl2N3O3/c29-22-7-4-20(5-8-22)27(35)32-17-21-6-9-23(30)16-25(21)33(26(34)18-32)19-28(12-2-1-3-13-28)36-24-10-14-31-15-11-24/h1-9,12,16,24,31H,10-11,13-15,17-19H2. The molecule has 188 valence electrons. The van der Waals surface area contributed by atoms with Crippen molar-refractivity contribution in [1.29, 1.82) is 0 Å². The molecule has 0 spiro atoms. The van der Waals surface area contributed by atoms with Gasteiger partial charge in [0.25, 0.3) is 5.91 Å². The molecule has 2 aromatic carbocycles. The van der Waals surface area contributed by atoms with Gasteiger partial charge in [0.2, 0.25) is 5.91 Å². The van der Waals surface area contributed by atoms with E-state index in [4.69, 9.17) is 27.9 Å². The van der Waals surface area contributed by atoms with Gasteiger partial charge in [-0.15, -0.1) is 0 Å². The van der Waals surface area contributed by atoms with Crippen molar-refractivity contribution in [3.05, 3.63) is 87.9 Å². The average molecular weight is 526 g/mol. The summed E-state index contributed by atoms with van der Waals surface area (Å²) in [5, 5.41) is 4.47. The van der Waals surface area contributed by atoms with Crippen molar-refractivity contribution >= 4 is 40.7 Å². The minimum absolute atomic E-state index is 0.0449. The van der Waals surface area contributed by atoms with E-state index in [2.05, 4.69) is 17.5 Å². The molecule has 1 unspecified atom stereocenters. The van der Waals surface area contributed by atoms with Crippen LogP contribution in [0, 0.1) is 0 Å². The highest BCUT2D eigenvalue weighted by atomic mass is 35.5. The molecule has 0 saturated carbocycles. The quantitative estimate of drug-likeness (QED) is 0.596. The van der Waals surface area contributed by atoms with Gasteiger partial charge >= 0.3 is 0 Å². The number of nitrogens with zero attached hydrogens (tertiary/aromatic N) is 2. The second-order valence-electron chi connectivity index (χ2n) is 9.54. The highest BCUT2D eigenvalue weighted by Gasteiger charge is 2.38. The minimum Gasteiger partial charge on any atom is -0.365 e. The topological polar surface area (TPSA) is 61.9 Å². The van der Waals surface area contributed by atoms with Gasteiger partial charge in [0, 0.05) is 28.6 Å². The number of benzene rings is 2. The largest absolute Gasteiger partial charge is 0.365 e. The molecular formula is C28H29Cl2N3O3. The highest BCUT2D eigenvalue weighted by Crippen LogP contribution is 2.34. The summed E-state index contributed by atoms with van der Waals surface area (Å²) in [6.45, 7) is 2.43. The zero-order chi connectivity index (χ0) is 25.1. The molecular weight excluding hydrogens is 497 g/mol. The maximum absolute atomic E-state index is 13.8. The summed E-state index contributed by atoms with van der Waals surface area (Å²) in [6.07, 6.45) is 10.8. The van der Waals surface area contributed by atoms with Crippen molar-refractivity contribution in [3.63, 3.8) is 0 Å². The second kappa shape index (κ2) is 10.8. The van der Waals surface area contributed by atoms with E-state index in [-0.39, 0.29) is 24.5 Å². The molecule has 0 radical (unpaired) electrons. The smallest absolute Gasteiger partial charge is 0.254 e. The second-order valence-corrected chi connectivity index (χ2v) is 10.4. The van der Waals surface area contributed by atoms with Gasteiger partial charge in [-0.1, -0.05) is 53.6 Å². The number of rotatable bonds is 5. The molecule has 1 saturated heterocycles. The Morgan fingerprint density at radius 1 is 1.03 bits per heavy atom. The lowest BCUT2D eigenvalue weighted by molar-refractivity contribution is -0.121. The molecule has 1 N–H and O–H groups in total. The van der Waals surface area contributed by atoms with E-state index in [1.54, 1.807) is 40.1 Å². The van der Waals surface area contributed by atoms with Gasteiger partial charge in [-0.05, 0) is 67.9 Å². The number of amides is 2. The van der Waals surface area contributed by atoms with E-state index in [1.807, 2.05) is 24.3 Å². The first-order valence-electron chi connectivity index (χ1n) is 12.3. The van der Waals surface area contributed by atoms with Crippen molar-refractivity contribution in [1.82, 2.24) is 10.2 Å². The van der Waals surface area contributed by atoms with Crippen molar-refractivity contribution in [2.45, 2.75) is 37.5 Å². The molecule has 8 heteroatoms. The number of halogens is 2. The first-order chi connectivity index (χ1) is 17.4. The minimum atomic E-state index is -0.651. The van der Waals surface area contributed by atoms with Gasteiger partial charge in [-0.25, -0.2) is 0 Å². The summed E-state index contributed by atoms with van der Waals surface area (Å²) < 4.78 is 6.71. The first kappa shape index (κ1) is 25.0. The molecule has 36 heavy (non-hydrogen) atoms. The third-order valence-corrected chi connectivity index (χ3v) is 7.42. The fraction of sp³-hybridized carbons (Fsp3) is 0.357. The van der Waals surface area contributed by atoms with Crippen LogP contribution in [-0.2, 0) is 16.1 Å². The maximum Gasteiger partial charge on any atom is 0.254 e. The van der Waals surface area contributed by atoms with Crippen molar-refractivity contribution in [2.75, 3.05) is 31.1 Å². The third-order valence-electron chi connectivity index (χ3n) is 6.93. The number of anilines is 1. The molecule has 2 aromatic rings.